The molecule has 1 aliphatic rings. The largest absolute Gasteiger partial charge is 0.393 e. The molecule has 5 nitrogen and oxygen atoms in total. The van der Waals surface area contributed by atoms with Gasteiger partial charge < -0.3 is 10.0 Å². The Morgan fingerprint density at radius 2 is 2.37 bits per heavy atom. The van der Waals surface area contributed by atoms with Gasteiger partial charge in [0.25, 0.3) is 5.91 Å². The molecule has 106 valence electrons. The molecule has 1 saturated heterocycles. The number of aryl methyl sites for hydroxylation is 2. The van der Waals surface area contributed by atoms with Crippen LogP contribution in [0.5, 0.6) is 0 Å². The molecule has 1 N–H and O–H groups in total. The maximum Gasteiger partial charge on any atom is 0.257 e. The summed E-state index contributed by atoms with van der Waals surface area (Å²) in [5.41, 5.74) is 1.57. The molecule has 0 aromatic carbocycles. The molecule has 0 radical (unpaired) electrons. The Bertz CT molecular complexity index is 454. The van der Waals surface area contributed by atoms with Crippen LogP contribution in [0.15, 0.2) is 6.20 Å². The Labute approximate surface area is 114 Å². The molecule has 1 amide bonds. The van der Waals surface area contributed by atoms with Crippen LogP contribution < -0.4 is 0 Å². The first-order valence-electron chi connectivity index (χ1n) is 7.04. The summed E-state index contributed by atoms with van der Waals surface area (Å²) < 4.78 is 1.70. The van der Waals surface area contributed by atoms with Gasteiger partial charge in [-0.1, -0.05) is 6.92 Å². The zero-order valence-corrected chi connectivity index (χ0v) is 12.0. The van der Waals surface area contributed by atoms with E-state index in [4.69, 9.17) is 0 Å². The predicted octanol–water partition coefficient (Wildman–Crippen LogP) is 1.36. The molecule has 2 rings (SSSR count). The van der Waals surface area contributed by atoms with Crippen LogP contribution in [0.1, 0.15) is 49.2 Å². The van der Waals surface area contributed by atoms with Crippen molar-refractivity contribution in [3.8, 4) is 0 Å². The summed E-state index contributed by atoms with van der Waals surface area (Å²) in [6.45, 7) is 4.58. The zero-order chi connectivity index (χ0) is 14.0. The first kappa shape index (κ1) is 14.1. The average Bonchev–Trinajstić information content (AvgIpc) is 2.94. The standard InChI is InChI=1S/C14H23N3O2/c1-4-13-12(9-16(3)15-13)14(19)17-7-5-6-11(17)8-10(2)18/h9-11,18H,4-8H2,1-3H3. The normalized spacial score (nSPS) is 20.8. The molecule has 2 heterocycles. The Hall–Kier alpha value is -1.36. The van der Waals surface area contributed by atoms with E-state index in [0.717, 1.165) is 31.5 Å². The highest BCUT2D eigenvalue weighted by Gasteiger charge is 2.31. The molecule has 2 atom stereocenters. The Balaban J connectivity index is 2.18. The summed E-state index contributed by atoms with van der Waals surface area (Å²) in [5.74, 6) is 0.0631. The highest BCUT2D eigenvalue weighted by Crippen LogP contribution is 2.24. The van der Waals surface area contributed by atoms with Crippen molar-refractivity contribution in [3.05, 3.63) is 17.5 Å². The second-order valence-electron chi connectivity index (χ2n) is 5.40. The second-order valence-corrected chi connectivity index (χ2v) is 5.40. The first-order valence-corrected chi connectivity index (χ1v) is 7.04. The molecule has 0 aliphatic carbocycles. The van der Waals surface area contributed by atoms with E-state index in [1.165, 1.54) is 0 Å². The van der Waals surface area contributed by atoms with E-state index in [9.17, 15) is 9.90 Å². The number of aliphatic hydroxyl groups is 1. The van der Waals surface area contributed by atoms with Gasteiger partial charge in [-0.25, -0.2) is 0 Å². The lowest BCUT2D eigenvalue weighted by molar-refractivity contribution is 0.0681. The van der Waals surface area contributed by atoms with Crippen molar-refractivity contribution in [2.45, 2.75) is 51.7 Å². The van der Waals surface area contributed by atoms with E-state index in [1.54, 1.807) is 17.8 Å². The number of hydrogen-bond acceptors (Lipinski definition) is 3. The quantitative estimate of drug-likeness (QED) is 0.894. The van der Waals surface area contributed by atoms with Crippen LogP contribution in [0.3, 0.4) is 0 Å². The van der Waals surface area contributed by atoms with E-state index >= 15 is 0 Å². The van der Waals surface area contributed by atoms with Crippen molar-refractivity contribution in [2.75, 3.05) is 6.54 Å². The summed E-state index contributed by atoms with van der Waals surface area (Å²) in [6, 6.07) is 0.164. The molecule has 0 bridgehead atoms. The monoisotopic (exact) mass is 265 g/mol. The van der Waals surface area contributed by atoms with Crippen LogP contribution >= 0.6 is 0 Å². The van der Waals surface area contributed by atoms with Crippen molar-refractivity contribution in [2.24, 2.45) is 7.05 Å². The van der Waals surface area contributed by atoms with Crippen molar-refractivity contribution >= 4 is 5.91 Å². The van der Waals surface area contributed by atoms with Crippen LogP contribution in [0.2, 0.25) is 0 Å². The number of rotatable bonds is 4. The van der Waals surface area contributed by atoms with Gasteiger partial charge >= 0.3 is 0 Å². The fourth-order valence-electron chi connectivity index (χ4n) is 2.87. The van der Waals surface area contributed by atoms with Gasteiger partial charge in [-0.2, -0.15) is 5.10 Å². The lowest BCUT2D eigenvalue weighted by Crippen LogP contribution is -2.37. The molecule has 5 heteroatoms. The fraction of sp³-hybridized carbons (Fsp3) is 0.714. The third-order valence-corrected chi connectivity index (χ3v) is 3.72. The third-order valence-electron chi connectivity index (χ3n) is 3.72. The lowest BCUT2D eigenvalue weighted by Gasteiger charge is -2.25. The predicted molar refractivity (Wildman–Crippen MR) is 72.9 cm³/mol. The molecular formula is C14H23N3O2. The number of carbonyl (C=O) groups is 1. The fourth-order valence-corrected chi connectivity index (χ4v) is 2.87. The van der Waals surface area contributed by atoms with Gasteiger partial charge in [0.15, 0.2) is 0 Å². The van der Waals surface area contributed by atoms with Crippen LogP contribution in [0.4, 0.5) is 0 Å². The van der Waals surface area contributed by atoms with Gasteiger partial charge in [0.2, 0.25) is 0 Å². The van der Waals surface area contributed by atoms with E-state index in [2.05, 4.69) is 5.10 Å². The lowest BCUT2D eigenvalue weighted by atomic mass is 10.1. The highest BCUT2D eigenvalue weighted by atomic mass is 16.3. The molecule has 2 unspecified atom stereocenters. The number of aliphatic hydroxyl groups excluding tert-OH is 1. The van der Waals surface area contributed by atoms with Gasteiger partial charge in [0.1, 0.15) is 0 Å². The van der Waals surface area contributed by atoms with Gasteiger partial charge in [-0.05, 0) is 32.6 Å². The van der Waals surface area contributed by atoms with Crippen molar-refractivity contribution < 1.29 is 9.90 Å². The Kier molecular flexibility index (Phi) is 4.24. The third kappa shape index (κ3) is 2.97. The van der Waals surface area contributed by atoms with Crippen molar-refractivity contribution in [1.82, 2.24) is 14.7 Å². The summed E-state index contributed by atoms with van der Waals surface area (Å²) in [6.07, 6.45) is 4.87. The summed E-state index contributed by atoms with van der Waals surface area (Å²) in [4.78, 5) is 14.5. The van der Waals surface area contributed by atoms with Crippen LogP contribution in [-0.4, -0.2) is 44.4 Å². The van der Waals surface area contributed by atoms with Crippen LogP contribution in [0, 0.1) is 0 Å². The smallest absolute Gasteiger partial charge is 0.257 e. The summed E-state index contributed by atoms with van der Waals surface area (Å²) >= 11 is 0. The molecule has 1 aliphatic heterocycles. The van der Waals surface area contributed by atoms with Gasteiger partial charge in [-0.3, -0.25) is 9.48 Å². The first-order chi connectivity index (χ1) is 9.02. The SMILES string of the molecule is CCc1nn(C)cc1C(=O)N1CCCC1CC(C)O. The summed E-state index contributed by atoms with van der Waals surface area (Å²) in [5, 5.41) is 13.9. The number of carbonyl (C=O) groups excluding carboxylic acids is 1. The van der Waals surface area contributed by atoms with Crippen LogP contribution in [0.25, 0.3) is 0 Å². The van der Waals surface area contributed by atoms with Crippen molar-refractivity contribution in [1.29, 1.82) is 0 Å². The minimum Gasteiger partial charge on any atom is -0.393 e. The van der Waals surface area contributed by atoms with Gasteiger partial charge in [0.05, 0.1) is 17.4 Å². The molecule has 1 aromatic heterocycles. The van der Waals surface area contributed by atoms with E-state index in [-0.39, 0.29) is 18.1 Å². The van der Waals surface area contributed by atoms with Crippen LogP contribution in [-0.2, 0) is 13.5 Å². The van der Waals surface area contributed by atoms with Crippen molar-refractivity contribution in [3.63, 3.8) is 0 Å². The second kappa shape index (κ2) is 5.74. The minimum atomic E-state index is -0.363. The maximum absolute atomic E-state index is 12.6. The highest BCUT2D eigenvalue weighted by molar-refractivity contribution is 5.95. The topological polar surface area (TPSA) is 58.4 Å². The van der Waals surface area contributed by atoms with Gasteiger partial charge in [0, 0.05) is 25.8 Å². The summed E-state index contributed by atoms with van der Waals surface area (Å²) in [7, 11) is 1.84. The molecule has 1 aromatic rings. The number of nitrogens with zero attached hydrogens (tertiary/aromatic N) is 3. The Morgan fingerprint density at radius 1 is 1.63 bits per heavy atom. The number of aromatic nitrogens is 2. The molecular weight excluding hydrogens is 242 g/mol. The number of likely N-dealkylation sites (tertiary alicyclic amines) is 1. The zero-order valence-electron chi connectivity index (χ0n) is 12.0. The van der Waals surface area contributed by atoms with E-state index in [1.807, 2.05) is 18.9 Å². The molecule has 1 fully saturated rings. The number of hydrogen-bond donors (Lipinski definition) is 1. The average molecular weight is 265 g/mol. The van der Waals surface area contributed by atoms with E-state index < -0.39 is 0 Å². The number of amides is 1. The molecule has 19 heavy (non-hydrogen) atoms. The minimum absolute atomic E-state index is 0.0631. The Morgan fingerprint density at radius 3 is 3.00 bits per heavy atom. The van der Waals surface area contributed by atoms with Gasteiger partial charge in [-0.15, -0.1) is 0 Å². The molecule has 0 saturated carbocycles. The maximum atomic E-state index is 12.6. The van der Waals surface area contributed by atoms with E-state index in [0.29, 0.717) is 12.0 Å². The molecule has 0 spiro atoms.